The van der Waals surface area contributed by atoms with Crippen molar-refractivity contribution in [3.05, 3.63) is 28.8 Å². The van der Waals surface area contributed by atoms with Crippen molar-refractivity contribution >= 4 is 19.1 Å². The molecule has 0 amide bonds. The molecule has 0 fully saturated rings. The Labute approximate surface area is 97.0 Å². The van der Waals surface area contributed by atoms with Crippen LogP contribution in [-0.2, 0) is 0 Å². The summed E-state index contributed by atoms with van der Waals surface area (Å²) in [6.45, 7) is 4.02. The van der Waals surface area contributed by atoms with E-state index in [1.54, 1.807) is 7.48 Å². The highest BCUT2D eigenvalue weighted by molar-refractivity contribution is 6.31. The molecule has 0 spiro atoms. The molecule has 1 rings (SSSR count). The fourth-order valence-corrected chi connectivity index (χ4v) is 1.25. The third-order valence-corrected chi connectivity index (χ3v) is 2.69. The van der Waals surface area contributed by atoms with Crippen molar-refractivity contribution in [2.24, 2.45) is 5.73 Å². The lowest BCUT2D eigenvalue weighted by Crippen LogP contribution is -2.22. The predicted molar refractivity (Wildman–Crippen MR) is 65.6 cm³/mol. The second kappa shape index (κ2) is 6.04. The van der Waals surface area contributed by atoms with Gasteiger partial charge in [0.05, 0.1) is 5.75 Å². The molecule has 1 radical (unpaired) electrons. The van der Waals surface area contributed by atoms with Crippen molar-refractivity contribution < 1.29 is 4.65 Å². The molecule has 0 aromatic heterocycles. The van der Waals surface area contributed by atoms with Gasteiger partial charge in [-0.05, 0) is 37.4 Å². The van der Waals surface area contributed by atoms with E-state index < -0.39 is 0 Å². The van der Waals surface area contributed by atoms with Gasteiger partial charge in [-0.1, -0.05) is 24.6 Å². The van der Waals surface area contributed by atoms with Crippen LogP contribution in [-0.4, -0.2) is 13.5 Å². The van der Waals surface area contributed by atoms with Gasteiger partial charge in [0.1, 0.15) is 0 Å². The van der Waals surface area contributed by atoms with Gasteiger partial charge in [-0.25, -0.2) is 0 Å². The first-order chi connectivity index (χ1) is 7.13. The molecule has 0 aliphatic carbocycles. The van der Waals surface area contributed by atoms with Crippen LogP contribution in [0.4, 0.5) is 0 Å². The molecule has 81 valence electrons. The van der Waals surface area contributed by atoms with Crippen LogP contribution in [0.5, 0.6) is 5.75 Å². The third-order valence-electron chi connectivity index (χ3n) is 2.29. The predicted octanol–water partition coefficient (Wildman–Crippen LogP) is 2.80. The minimum atomic E-state index is 0.172. The van der Waals surface area contributed by atoms with Crippen LogP contribution in [0.3, 0.4) is 0 Å². The maximum Gasteiger partial charge on any atom is 0.371 e. The van der Waals surface area contributed by atoms with E-state index in [1.807, 2.05) is 25.1 Å². The Morgan fingerprint density at radius 1 is 1.53 bits per heavy atom. The van der Waals surface area contributed by atoms with Gasteiger partial charge in [0, 0.05) is 11.1 Å². The molecule has 0 saturated heterocycles. The molecule has 0 saturated carbocycles. The van der Waals surface area contributed by atoms with Crippen molar-refractivity contribution in [3.63, 3.8) is 0 Å². The average molecular weight is 225 g/mol. The zero-order chi connectivity index (χ0) is 11.3. The second-order valence-electron chi connectivity index (χ2n) is 3.60. The smallest absolute Gasteiger partial charge is 0.371 e. The first kappa shape index (κ1) is 12.4. The van der Waals surface area contributed by atoms with Crippen LogP contribution in [0.25, 0.3) is 0 Å². The Balaban J connectivity index is 2.41. The van der Waals surface area contributed by atoms with Crippen LogP contribution in [0, 0.1) is 6.92 Å². The molecule has 2 nitrogen and oxygen atoms in total. The molecular formula is C11H16BClNO. The number of rotatable bonds is 5. The van der Waals surface area contributed by atoms with Crippen molar-refractivity contribution in [1.82, 2.24) is 0 Å². The summed E-state index contributed by atoms with van der Waals surface area (Å²) in [6.07, 6.45) is 1.70. The Morgan fingerprint density at radius 2 is 2.27 bits per heavy atom. The van der Waals surface area contributed by atoms with E-state index in [9.17, 15) is 0 Å². The lowest BCUT2D eigenvalue weighted by atomic mass is 9.88. The molecule has 2 N–H and O–H groups in total. The normalized spacial score (nSPS) is 12.3. The summed E-state index contributed by atoms with van der Waals surface area (Å²) in [5, 5.41) is 0.723. The summed E-state index contributed by atoms with van der Waals surface area (Å²) < 4.78 is 5.42. The Morgan fingerprint density at radius 3 is 2.87 bits per heavy atom. The molecule has 1 atom stereocenters. The van der Waals surface area contributed by atoms with Crippen molar-refractivity contribution in [2.75, 3.05) is 0 Å². The third kappa shape index (κ3) is 4.14. The van der Waals surface area contributed by atoms with Gasteiger partial charge >= 0.3 is 7.48 Å². The van der Waals surface area contributed by atoms with Crippen LogP contribution in [0.1, 0.15) is 18.9 Å². The SMILES string of the molecule is CCC(N)C[B]Oc1ccc(C)c(Cl)c1. The highest BCUT2D eigenvalue weighted by atomic mass is 35.5. The number of benzene rings is 1. The van der Waals surface area contributed by atoms with Crippen LogP contribution >= 0.6 is 11.6 Å². The minimum absolute atomic E-state index is 0.172. The average Bonchev–Trinajstić information content (AvgIpc) is 2.23. The van der Waals surface area contributed by atoms with E-state index in [2.05, 4.69) is 6.92 Å². The summed E-state index contributed by atoms with van der Waals surface area (Å²) in [6, 6.07) is 5.82. The van der Waals surface area contributed by atoms with Crippen molar-refractivity contribution in [1.29, 1.82) is 0 Å². The number of hydrogen-bond donors (Lipinski definition) is 1. The van der Waals surface area contributed by atoms with E-state index in [0.29, 0.717) is 0 Å². The molecule has 1 unspecified atom stereocenters. The molecule has 0 heterocycles. The van der Waals surface area contributed by atoms with E-state index in [0.717, 1.165) is 29.1 Å². The fourth-order valence-electron chi connectivity index (χ4n) is 1.08. The second-order valence-corrected chi connectivity index (χ2v) is 4.01. The lowest BCUT2D eigenvalue weighted by Gasteiger charge is -2.09. The summed E-state index contributed by atoms with van der Waals surface area (Å²) in [7, 11) is 1.73. The summed E-state index contributed by atoms with van der Waals surface area (Å²) in [5.41, 5.74) is 6.80. The first-order valence-corrected chi connectivity index (χ1v) is 5.51. The van der Waals surface area contributed by atoms with E-state index >= 15 is 0 Å². The molecule has 0 aliphatic rings. The fraction of sp³-hybridized carbons (Fsp3) is 0.455. The zero-order valence-electron chi connectivity index (χ0n) is 9.16. The van der Waals surface area contributed by atoms with Gasteiger partial charge in [0.25, 0.3) is 0 Å². The standard InChI is InChI=1S/C11H16BClNO/c1-3-9(14)7-12-15-10-5-4-8(2)11(13)6-10/h4-6,9H,3,7,14H2,1-2H3. The van der Waals surface area contributed by atoms with Gasteiger partial charge < -0.3 is 10.4 Å². The number of hydrogen-bond acceptors (Lipinski definition) is 2. The molecule has 0 aliphatic heterocycles. The van der Waals surface area contributed by atoms with Gasteiger partial charge in [0.2, 0.25) is 0 Å². The number of nitrogens with two attached hydrogens (primary N) is 1. The monoisotopic (exact) mass is 224 g/mol. The number of halogens is 1. The molecule has 1 aromatic rings. The topological polar surface area (TPSA) is 35.2 Å². The van der Waals surface area contributed by atoms with Gasteiger partial charge in [0.15, 0.2) is 0 Å². The van der Waals surface area contributed by atoms with Crippen molar-refractivity contribution in [3.8, 4) is 5.75 Å². The Kier molecular flexibility index (Phi) is 4.99. The summed E-state index contributed by atoms with van der Waals surface area (Å²) in [4.78, 5) is 0. The summed E-state index contributed by atoms with van der Waals surface area (Å²) >= 11 is 5.96. The Hall–Kier alpha value is -0.665. The van der Waals surface area contributed by atoms with Crippen LogP contribution in [0.2, 0.25) is 11.3 Å². The molecular weight excluding hydrogens is 208 g/mol. The summed E-state index contributed by atoms with van der Waals surface area (Å²) in [5.74, 6) is 0.758. The maximum absolute atomic E-state index is 5.96. The van der Waals surface area contributed by atoms with E-state index in [4.69, 9.17) is 22.0 Å². The quantitative estimate of drug-likeness (QED) is 0.781. The highest BCUT2D eigenvalue weighted by Gasteiger charge is 2.04. The van der Waals surface area contributed by atoms with Crippen LogP contribution in [0.15, 0.2) is 18.2 Å². The largest absolute Gasteiger partial charge is 0.563 e. The first-order valence-electron chi connectivity index (χ1n) is 5.13. The maximum atomic E-state index is 5.96. The molecule has 1 aromatic carbocycles. The molecule has 4 heteroatoms. The molecule has 0 bridgehead atoms. The zero-order valence-corrected chi connectivity index (χ0v) is 9.92. The highest BCUT2D eigenvalue weighted by Crippen LogP contribution is 2.21. The molecule has 15 heavy (non-hydrogen) atoms. The minimum Gasteiger partial charge on any atom is -0.563 e. The van der Waals surface area contributed by atoms with Gasteiger partial charge in [-0.3, -0.25) is 0 Å². The van der Waals surface area contributed by atoms with Crippen LogP contribution < -0.4 is 10.4 Å². The Bertz CT molecular complexity index is 319. The van der Waals surface area contributed by atoms with E-state index in [-0.39, 0.29) is 6.04 Å². The van der Waals surface area contributed by atoms with Gasteiger partial charge in [-0.15, -0.1) is 0 Å². The number of aryl methyl sites for hydroxylation is 1. The van der Waals surface area contributed by atoms with E-state index in [1.165, 1.54) is 0 Å². The van der Waals surface area contributed by atoms with Gasteiger partial charge in [-0.2, -0.15) is 0 Å². The van der Waals surface area contributed by atoms with Crippen molar-refractivity contribution in [2.45, 2.75) is 32.6 Å². The lowest BCUT2D eigenvalue weighted by molar-refractivity contribution is 0.575.